The average molecular weight is 321 g/mol. The smallest absolute Gasteiger partial charge is 0.244 e. The molecule has 2 aromatic rings. The summed E-state index contributed by atoms with van der Waals surface area (Å²) in [5, 5.41) is 0. The van der Waals surface area contributed by atoms with Gasteiger partial charge in [0.15, 0.2) is 0 Å². The molecule has 0 spiro atoms. The van der Waals surface area contributed by atoms with E-state index in [1.165, 1.54) is 22.3 Å². The Morgan fingerprint density at radius 3 is 2.42 bits per heavy atom. The summed E-state index contributed by atoms with van der Waals surface area (Å²) in [7, 11) is 0. The lowest BCUT2D eigenvalue weighted by Crippen LogP contribution is -3.00. The molecule has 0 aliphatic carbocycles. The van der Waals surface area contributed by atoms with Crippen LogP contribution in [-0.4, -0.2) is 4.57 Å². The molecule has 0 amide bonds. The first kappa shape index (κ1) is 15.7. The van der Waals surface area contributed by atoms with Gasteiger partial charge in [0.2, 0.25) is 6.33 Å². The highest BCUT2D eigenvalue weighted by molar-refractivity contribution is 5.36. The molecule has 0 aliphatic heterocycles. The van der Waals surface area contributed by atoms with E-state index >= 15 is 0 Å². The van der Waals surface area contributed by atoms with E-state index in [4.69, 9.17) is 0 Å². The van der Waals surface area contributed by atoms with Crippen LogP contribution in [0.25, 0.3) is 0 Å². The van der Waals surface area contributed by atoms with Gasteiger partial charge < -0.3 is 17.0 Å². The molecule has 0 unspecified atom stereocenters. The van der Waals surface area contributed by atoms with E-state index in [-0.39, 0.29) is 17.0 Å². The fraction of sp³-hybridized carbons (Fsp3) is 0.312. The lowest BCUT2D eigenvalue weighted by Gasteiger charge is -2.09. The molecule has 1 aromatic heterocycles. The molecule has 0 radical (unpaired) electrons. The molecule has 0 saturated carbocycles. The van der Waals surface area contributed by atoms with Crippen molar-refractivity contribution in [3.63, 3.8) is 0 Å². The number of aromatic nitrogens is 2. The van der Waals surface area contributed by atoms with Crippen LogP contribution in [0, 0.1) is 20.8 Å². The van der Waals surface area contributed by atoms with Crippen LogP contribution in [0.2, 0.25) is 0 Å². The van der Waals surface area contributed by atoms with Crippen LogP contribution in [0.3, 0.4) is 0 Å². The van der Waals surface area contributed by atoms with Crippen molar-refractivity contribution in [1.29, 1.82) is 0 Å². The highest BCUT2D eigenvalue weighted by Crippen LogP contribution is 2.15. The summed E-state index contributed by atoms with van der Waals surface area (Å²) < 4.78 is 4.35. The molecule has 0 saturated heterocycles. The summed E-state index contributed by atoms with van der Waals surface area (Å²) in [6, 6.07) is 4.51. The molecule has 3 heteroatoms. The van der Waals surface area contributed by atoms with Gasteiger partial charge in [0, 0.05) is 0 Å². The van der Waals surface area contributed by atoms with Gasteiger partial charge in [0.05, 0.1) is 0 Å². The number of aryl methyl sites for hydroxylation is 3. The summed E-state index contributed by atoms with van der Waals surface area (Å²) in [5.41, 5.74) is 5.50. The minimum atomic E-state index is 0. The van der Waals surface area contributed by atoms with Gasteiger partial charge in [-0.15, -0.1) is 0 Å². The Bertz CT molecular complexity index is 547. The van der Waals surface area contributed by atoms with E-state index in [0.29, 0.717) is 0 Å². The molecular formula is C16H21BrN2. The maximum Gasteiger partial charge on any atom is 0.244 e. The standard InChI is InChI=1S/C16H21N2.BrH/c1-5-6-17-7-8-18(12-17)11-16-14(3)9-13(2)10-15(16)4;/h5,7-10,12H,1,6,11H2,2-4H3;1H/q+1;/p-1. The lowest BCUT2D eigenvalue weighted by molar-refractivity contribution is -0.687. The summed E-state index contributed by atoms with van der Waals surface area (Å²) >= 11 is 0. The first-order chi connectivity index (χ1) is 8.60. The summed E-state index contributed by atoms with van der Waals surface area (Å²) in [6.45, 7) is 12.1. The number of allylic oxidation sites excluding steroid dienone is 1. The topological polar surface area (TPSA) is 8.81 Å². The van der Waals surface area contributed by atoms with Crippen molar-refractivity contribution in [2.24, 2.45) is 0 Å². The highest BCUT2D eigenvalue weighted by atomic mass is 79.9. The number of halogens is 1. The first-order valence-electron chi connectivity index (χ1n) is 6.32. The third-order valence-electron chi connectivity index (χ3n) is 3.27. The molecule has 0 aliphatic rings. The SMILES string of the molecule is C=CCn1cc[n+](Cc2c(C)cc(C)cc2C)c1.[Br-]. The number of hydrogen-bond acceptors (Lipinski definition) is 0. The van der Waals surface area contributed by atoms with E-state index in [1.54, 1.807) is 0 Å². The maximum atomic E-state index is 3.76. The summed E-state index contributed by atoms with van der Waals surface area (Å²) in [6.07, 6.45) is 8.23. The van der Waals surface area contributed by atoms with E-state index in [0.717, 1.165) is 13.1 Å². The van der Waals surface area contributed by atoms with Crippen LogP contribution >= 0.6 is 0 Å². The van der Waals surface area contributed by atoms with Crippen molar-refractivity contribution < 1.29 is 21.5 Å². The van der Waals surface area contributed by atoms with Gasteiger partial charge in [-0.3, -0.25) is 0 Å². The predicted octanol–water partition coefficient (Wildman–Crippen LogP) is -0.0608. The molecule has 1 aromatic carbocycles. The zero-order valence-corrected chi connectivity index (χ0v) is 13.4. The molecule has 19 heavy (non-hydrogen) atoms. The van der Waals surface area contributed by atoms with Crippen LogP contribution < -0.4 is 21.5 Å². The van der Waals surface area contributed by atoms with E-state index in [2.05, 4.69) is 67.3 Å². The van der Waals surface area contributed by atoms with Crippen LogP contribution in [-0.2, 0) is 13.1 Å². The Balaban J connectivity index is 0.00000180. The van der Waals surface area contributed by atoms with Crippen molar-refractivity contribution in [1.82, 2.24) is 4.57 Å². The molecule has 1 heterocycles. The van der Waals surface area contributed by atoms with Gasteiger partial charge in [-0.05, 0) is 37.5 Å². The van der Waals surface area contributed by atoms with Gasteiger partial charge >= 0.3 is 0 Å². The van der Waals surface area contributed by atoms with Gasteiger partial charge in [-0.1, -0.05) is 30.4 Å². The van der Waals surface area contributed by atoms with Gasteiger partial charge in [0.1, 0.15) is 25.5 Å². The van der Waals surface area contributed by atoms with Crippen LogP contribution in [0.1, 0.15) is 22.3 Å². The molecule has 0 fully saturated rings. The zero-order chi connectivity index (χ0) is 13.1. The van der Waals surface area contributed by atoms with Gasteiger partial charge in [0.25, 0.3) is 0 Å². The Morgan fingerprint density at radius 2 is 1.84 bits per heavy atom. The average Bonchev–Trinajstić information content (AvgIpc) is 2.72. The molecule has 2 rings (SSSR count). The van der Waals surface area contributed by atoms with Gasteiger partial charge in [-0.2, -0.15) is 0 Å². The van der Waals surface area contributed by atoms with E-state index < -0.39 is 0 Å². The van der Waals surface area contributed by atoms with Crippen LogP contribution in [0.15, 0.2) is 43.5 Å². The fourth-order valence-corrected chi connectivity index (χ4v) is 2.43. The first-order valence-corrected chi connectivity index (χ1v) is 6.32. The monoisotopic (exact) mass is 320 g/mol. The lowest BCUT2D eigenvalue weighted by atomic mass is 10.00. The molecule has 0 atom stereocenters. The molecule has 0 N–H and O–H groups in total. The Labute approximate surface area is 126 Å². The third kappa shape index (κ3) is 3.80. The second-order valence-electron chi connectivity index (χ2n) is 4.95. The Hall–Kier alpha value is -1.35. The largest absolute Gasteiger partial charge is 1.00 e. The number of hydrogen-bond donors (Lipinski definition) is 0. The quantitative estimate of drug-likeness (QED) is 0.551. The molecular weight excluding hydrogens is 300 g/mol. The second kappa shape index (κ2) is 6.71. The number of rotatable bonds is 4. The van der Waals surface area contributed by atoms with Crippen molar-refractivity contribution in [2.45, 2.75) is 33.9 Å². The third-order valence-corrected chi connectivity index (χ3v) is 3.27. The Morgan fingerprint density at radius 1 is 1.21 bits per heavy atom. The van der Waals surface area contributed by atoms with Gasteiger partial charge in [-0.25, -0.2) is 9.13 Å². The van der Waals surface area contributed by atoms with E-state index in [9.17, 15) is 0 Å². The minimum absolute atomic E-state index is 0. The Kier molecular flexibility index (Phi) is 5.55. The number of nitrogens with zero attached hydrogens (tertiary/aromatic N) is 2. The number of benzene rings is 1. The normalized spacial score (nSPS) is 10.1. The molecule has 0 bridgehead atoms. The zero-order valence-electron chi connectivity index (χ0n) is 11.9. The summed E-state index contributed by atoms with van der Waals surface area (Å²) in [5.74, 6) is 0. The second-order valence-corrected chi connectivity index (χ2v) is 4.95. The van der Waals surface area contributed by atoms with Crippen molar-refractivity contribution in [3.8, 4) is 0 Å². The van der Waals surface area contributed by atoms with Crippen molar-refractivity contribution in [2.75, 3.05) is 0 Å². The van der Waals surface area contributed by atoms with Crippen molar-refractivity contribution in [3.05, 3.63) is 65.8 Å². The van der Waals surface area contributed by atoms with Crippen LogP contribution in [0.5, 0.6) is 0 Å². The maximum absolute atomic E-state index is 3.76. The fourth-order valence-electron chi connectivity index (χ4n) is 2.43. The van der Waals surface area contributed by atoms with Crippen LogP contribution in [0.4, 0.5) is 0 Å². The highest BCUT2D eigenvalue weighted by Gasteiger charge is 2.08. The van der Waals surface area contributed by atoms with E-state index in [1.807, 2.05) is 6.08 Å². The summed E-state index contributed by atoms with van der Waals surface area (Å²) in [4.78, 5) is 0. The van der Waals surface area contributed by atoms with Crippen molar-refractivity contribution >= 4 is 0 Å². The number of imidazole rings is 1. The predicted molar refractivity (Wildman–Crippen MR) is 74.6 cm³/mol. The minimum Gasteiger partial charge on any atom is -1.00 e. The molecule has 102 valence electrons. The molecule has 2 nitrogen and oxygen atoms in total.